The molecule has 1 aromatic carbocycles. The standard InChI is InChI=1S/C24H37N7O/c1-17(2)16-31-12-9-19(10-13-31)26-24(25-15-23-29-28-18(3)30(23)4)27-21-11-14-32-22-8-6-5-7-20(21)22/h5-8,17,19,21H,9-16H2,1-4H3,(H2,25,26,27). The lowest BCUT2D eigenvalue weighted by Gasteiger charge is -2.35. The number of fused-ring (bicyclic) bond motifs is 1. The highest BCUT2D eigenvalue weighted by molar-refractivity contribution is 5.80. The zero-order valence-corrected chi connectivity index (χ0v) is 19.8. The predicted octanol–water partition coefficient (Wildman–Crippen LogP) is 2.80. The van der Waals surface area contributed by atoms with Crippen LogP contribution in [-0.2, 0) is 13.6 Å². The lowest BCUT2D eigenvalue weighted by molar-refractivity contribution is 0.186. The van der Waals surface area contributed by atoms with Crippen LogP contribution in [0.4, 0.5) is 0 Å². The van der Waals surface area contributed by atoms with E-state index in [4.69, 9.17) is 9.73 Å². The molecule has 0 saturated carbocycles. The van der Waals surface area contributed by atoms with E-state index in [1.807, 2.05) is 30.7 Å². The molecule has 32 heavy (non-hydrogen) atoms. The Bertz CT molecular complexity index is 915. The van der Waals surface area contributed by atoms with Crippen molar-refractivity contribution < 1.29 is 4.74 Å². The van der Waals surface area contributed by atoms with Crippen molar-refractivity contribution in [2.45, 2.75) is 58.7 Å². The van der Waals surface area contributed by atoms with Crippen LogP contribution < -0.4 is 15.4 Å². The topological polar surface area (TPSA) is 79.6 Å². The monoisotopic (exact) mass is 439 g/mol. The first-order valence-electron chi connectivity index (χ1n) is 11.9. The molecule has 1 aromatic heterocycles. The van der Waals surface area contributed by atoms with Crippen molar-refractivity contribution in [1.29, 1.82) is 0 Å². The van der Waals surface area contributed by atoms with E-state index in [0.29, 0.717) is 25.1 Å². The van der Waals surface area contributed by atoms with Gasteiger partial charge < -0.3 is 24.8 Å². The van der Waals surface area contributed by atoms with E-state index >= 15 is 0 Å². The van der Waals surface area contributed by atoms with E-state index in [0.717, 1.165) is 55.7 Å². The number of rotatable bonds is 6. The summed E-state index contributed by atoms with van der Waals surface area (Å²) in [6.45, 7) is 11.2. The molecular formula is C24H37N7O. The maximum absolute atomic E-state index is 5.85. The van der Waals surface area contributed by atoms with Crippen LogP contribution in [-0.4, -0.2) is 57.9 Å². The number of hydrogen-bond donors (Lipinski definition) is 2. The van der Waals surface area contributed by atoms with Crippen LogP contribution in [0.2, 0.25) is 0 Å². The third-order valence-electron chi connectivity index (χ3n) is 6.38. The normalized spacial score (nSPS) is 20.2. The summed E-state index contributed by atoms with van der Waals surface area (Å²) in [6, 6.07) is 8.87. The molecule has 3 heterocycles. The summed E-state index contributed by atoms with van der Waals surface area (Å²) in [5.74, 6) is 4.27. The zero-order chi connectivity index (χ0) is 22.5. The Morgan fingerprint density at radius 3 is 2.66 bits per heavy atom. The maximum atomic E-state index is 5.85. The maximum Gasteiger partial charge on any atom is 0.192 e. The van der Waals surface area contributed by atoms with Crippen molar-refractivity contribution in [2.24, 2.45) is 18.0 Å². The zero-order valence-electron chi connectivity index (χ0n) is 19.8. The molecule has 2 aliphatic rings. The van der Waals surface area contributed by atoms with Crippen LogP contribution >= 0.6 is 0 Å². The molecule has 8 nitrogen and oxygen atoms in total. The molecule has 0 aliphatic carbocycles. The fourth-order valence-corrected chi connectivity index (χ4v) is 4.50. The molecular weight excluding hydrogens is 402 g/mol. The number of para-hydroxylation sites is 1. The number of aryl methyl sites for hydroxylation is 1. The molecule has 2 aliphatic heterocycles. The van der Waals surface area contributed by atoms with Crippen LogP contribution in [0, 0.1) is 12.8 Å². The minimum atomic E-state index is 0.175. The Labute approximate surface area is 191 Å². The van der Waals surface area contributed by atoms with Crippen LogP contribution in [0.25, 0.3) is 0 Å². The van der Waals surface area contributed by atoms with Crippen molar-refractivity contribution in [3.8, 4) is 5.75 Å². The number of piperidine rings is 1. The summed E-state index contributed by atoms with van der Waals surface area (Å²) in [7, 11) is 1.99. The molecule has 0 bridgehead atoms. The Kier molecular flexibility index (Phi) is 7.29. The molecule has 2 N–H and O–H groups in total. The minimum absolute atomic E-state index is 0.175. The van der Waals surface area contributed by atoms with E-state index in [2.05, 4.69) is 51.7 Å². The van der Waals surface area contributed by atoms with Crippen LogP contribution in [0.5, 0.6) is 5.75 Å². The molecule has 8 heteroatoms. The van der Waals surface area contributed by atoms with Gasteiger partial charge in [0.05, 0.1) is 12.6 Å². The highest BCUT2D eigenvalue weighted by atomic mass is 16.5. The summed E-state index contributed by atoms with van der Waals surface area (Å²) in [4.78, 5) is 7.49. The SMILES string of the molecule is Cc1nnc(CN=C(NC2CCN(CC(C)C)CC2)NC2CCOc3ccccc32)n1C. The Morgan fingerprint density at radius 2 is 1.94 bits per heavy atom. The predicted molar refractivity (Wildman–Crippen MR) is 127 cm³/mol. The Hall–Kier alpha value is -2.61. The number of guanidine groups is 1. The van der Waals surface area contributed by atoms with Gasteiger partial charge in [-0.3, -0.25) is 0 Å². The molecule has 1 saturated heterocycles. The fourth-order valence-electron chi connectivity index (χ4n) is 4.50. The molecule has 1 atom stereocenters. The van der Waals surface area contributed by atoms with E-state index in [1.54, 1.807) is 0 Å². The number of hydrogen-bond acceptors (Lipinski definition) is 5. The van der Waals surface area contributed by atoms with E-state index in [1.165, 1.54) is 12.1 Å². The number of nitrogens with one attached hydrogen (secondary N) is 2. The van der Waals surface area contributed by atoms with Crippen molar-refractivity contribution in [3.63, 3.8) is 0 Å². The molecule has 0 spiro atoms. The molecule has 0 radical (unpaired) electrons. The largest absolute Gasteiger partial charge is 0.493 e. The third-order valence-corrected chi connectivity index (χ3v) is 6.38. The summed E-state index contributed by atoms with van der Waals surface area (Å²) in [5.41, 5.74) is 1.19. The van der Waals surface area contributed by atoms with Gasteiger partial charge in [-0.15, -0.1) is 10.2 Å². The van der Waals surface area contributed by atoms with E-state index < -0.39 is 0 Å². The van der Waals surface area contributed by atoms with Gasteiger partial charge in [-0.25, -0.2) is 4.99 Å². The second kappa shape index (κ2) is 10.3. The van der Waals surface area contributed by atoms with Crippen LogP contribution in [0.1, 0.15) is 56.4 Å². The van der Waals surface area contributed by atoms with Gasteiger partial charge >= 0.3 is 0 Å². The first kappa shape index (κ1) is 22.6. The average Bonchev–Trinajstić information content (AvgIpc) is 3.11. The van der Waals surface area contributed by atoms with Gasteiger partial charge in [0, 0.05) is 44.7 Å². The smallest absolute Gasteiger partial charge is 0.192 e. The minimum Gasteiger partial charge on any atom is -0.493 e. The second-order valence-electron chi connectivity index (χ2n) is 9.37. The average molecular weight is 440 g/mol. The van der Waals surface area contributed by atoms with Crippen molar-refractivity contribution in [3.05, 3.63) is 41.5 Å². The lowest BCUT2D eigenvalue weighted by atomic mass is 10.0. The van der Waals surface area contributed by atoms with E-state index in [9.17, 15) is 0 Å². The summed E-state index contributed by atoms with van der Waals surface area (Å²) >= 11 is 0. The molecule has 4 rings (SSSR count). The number of nitrogens with zero attached hydrogens (tertiary/aromatic N) is 5. The number of likely N-dealkylation sites (tertiary alicyclic amines) is 1. The molecule has 0 amide bonds. The summed E-state index contributed by atoms with van der Waals surface area (Å²) in [5, 5.41) is 15.9. The molecule has 1 fully saturated rings. The Morgan fingerprint density at radius 1 is 1.16 bits per heavy atom. The summed E-state index contributed by atoms with van der Waals surface area (Å²) < 4.78 is 7.84. The lowest BCUT2D eigenvalue weighted by Crippen LogP contribution is -2.50. The Balaban J connectivity index is 1.46. The van der Waals surface area contributed by atoms with Crippen LogP contribution in [0.15, 0.2) is 29.3 Å². The molecule has 1 unspecified atom stereocenters. The number of aliphatic imine (C=N–C) groups is 1. The second-order valence-corrected chi connectivity index (χ2v) is 9.37. The van der Waals surface area contributed by atoms with Crippen molar-refractivity contribution in [2.75, 3.05) is 26.2 Å². The first-order valence-corrected chi connectivity index (χ1v) is 11.9. The number of aromatic nitrogens is 3. The first-order chi connectivity index (χ1) is 15.5. The van der Waals surface area contributed by atoms with Crippen LogP contribution in [0.3, 0.4) is 0 Å². The molecule has 2 aromatic rings. The third kappa shape index (κ3) is 5.59. The van der Waals surface area contributed by atoms with Gasteiger partial charge in [-0.2, -0.15) is 0 Å². The summed E-state index contributed by atoms with van der Waals surface area (Å²) in [6.07, 6.45) is 3.16. The van der Waals surface area contributed by atoms with Gasteiger partial charge in [-0.05, 0) is 31.7 Å². The van der Waals surface area contributed by atoms with E-state index in [-0.39, 0.29) is 6.04 Å². The van der Waals surface area contributed by atoms with Crippen molar-refractivity contribution >= 4 is 5.96 Å². The van der Waals surface area contributed by atoms with Gasteiger partial charge in [-0.1, -0.05) is 32.0 Å². The van der Waals surface area contributed by atoms with Gasteiger partial charge in [0.15, 0.2) is 11.8 Å². The highest BCUT2D eigenvalue weighted by Crippen LogP contribution is 2.31. The highest BCUT2D eigenvalue weighted by Gasteiger charge is 2.25. The molecule has 174 valence electrons. The van der Waals surface area contributed by atoms with Gasteiger partial charge in [0.1, 0.15) is 18.1 Å². The quantitative estimate of drug-likeness (QED) is 0.532. The van der Waals surface area contributed by atoms with Crippen molar-refractivity contribution in [1.82, 2.24) is 30.3 Å². The van der Waals surface area contributed by atoms with Gasteiger partial charge in [0.2, 0.25) is 0 Å². The number of ether oxygens (including phenoxy) is 1. The fraction of sp³-hybridized carbons (Fsp3) is 0.625. The van der Waals surface area contributed by atoms with Gasteiger partial charge in [0.25, 0.3) is 0 Å². The number of benzene rings is 1.